The molecule has 28 heavy (non-hydrogen) atoms. The number of carbonyl (C=O) groups is 2. The van der Waals surface area contributed by atoms with Crippen LogP contribution in [0.4, 0.5) is 0 Å². The summed E-state index contributed by atoms with van der Waals surface area (Å²) in [5.74, 6) is -0.984. The van der Waals surface area contributed by atoms with Gasteiger partial charge >= 0.3 is 5.97 Å². The van der Waals surface area contributed by atoms with Crippen molar-refractivity contribution < 1.29 is 22.7 Å². The van der Waals surface area contributed by atoms with Crippen molar-refractivity contribution in [2.24, 2.45) is 0 Å². The van der Waals surface area contributed by atoms with Crippen LogP contribution in [0.25, 0.3) is 0 Å². The average molecular weight is 409 g/mol. The number of sulfonamides is 1. The van der Waals surface area contributed by atoms with Crippen LogP contribution in [0.5, 0.6) is 0 Å². The minimum absolute atomic E-state index is 0.0351. The van der Waals surface area contributed by atoms with Crippen molar-refractivity contribution in [3.8, 4) is 0 Å². The largest absolute Gasteiger partial charge is 0.452 e. The topological polar surface area (TPSA) is 102 Å². The number of hydrogen-bond donors (Lipinski definition) is 2. The molecule has 8 heteroatoms. The summed E-state index contributed by atoms with van der Waals surface area (Å²) in [5.41, 5.74) is 0.182. The van der Waals surface area contributed by atoms with Gasteiger partial charge in [-0.2, -0.15) is 0 Å². The molecule has 154 valence electrons. The highest BCUT2D eigenvalue weighted by Crippen LogP contribution is 2.17. The van der Waals surface area contributed by atoms with Crippen LogP contribution in [0, 0.1) is 0 Å². The third-order valence-corrected chi connectivity index (χ3v) is 6.06. The Morgan fingerprint density at radius 2 is 1.68 bits per heavy atom. The van der Waals surface area contributed by atoms with Gasteiger partial charge in [0, 0.05) is 12.6 Å². The summed E-state index contributed by atoms with van der Waals surface area (Å²) in [7, 11) is -3.65. The average Bonchev–Trinajstić information content (AvgIpc) is 2.66. The van der Waals surface area contributed by atoms with E-state index < -0.39 is 16.0 Å². The number of carbonyl (C=O) groups excluding carboxylic acids is 2. The summed E-state index contributed by atoms with van der Waals surface area (Å²) in [6.45, 7) is 3.22. The lowest BCUT2D eigenvalue weighted by Crippen LogP contribution is -2.38. The maximum Gasteiger partial charge on any atom is 0.338 e. The summed E-state index contributed by atoms with van der Waals surface area (Å²) < 4.78 is 31.4. The Balaban J connectivity index is 1.83. The molecule has 0 bridgehead atoms. The molecule has 2 N–H and O–H groups in total. The number of amides is 1. The predicted molar refractivity (Wildman–Crippen MR) is 106 cm³/mol. The van der Waals surface area contributed by atoms with Crippen LogP contribution < -0.4 is 10.0 Å². The van der Waals surface area contributed by atoms with E-state index in [0.29, 0.717) is 0 Å². The molecule has 0 radical (unpaired) electrons. The van der Waals surface area contributed by atoms with Gasteiger partial charge in [0.2, 0.25) is 10.0 Å². The Morgan fingerprint density at radius 1 is 1.07 bits per heavy atom. The molecule has 1 amide bonds. The van der Waals surface area contributed by atoms with Gasteiger partial charge in [0.05, 0.1) is 10.5 Å². The highest BCUT2D eigenvalue weighted by atomic mass is 32.2. The number of hydrogen-bond acceptors (Lipinski definition) is 5. The van der Waals surface area contributed by atoms with Crippen LogP contribution in [0.1, 0.15) is 55.3 Å². The molecule has 1 aliphatic rings. The normalized spacial score (nSPS) is 15.9. The van der Waals surface area contributed by atoms with Gasteiger partial charge < -0.3 is 10.1 Å². The lowest BCUT2D eigenvalue weighted by Gasteiger charge is -2.20. The Morgan fingerprint density at radius 3 is 2.29 bits per heavy atom. The Bertz CT molecular complexity index is 766. The Hall–Kier alpha value is -2.19. The molecule has 0 heterocycles. The van der Waals surface area contributed by atoms with E-state index in [2.05, 4.69) is 16.6 Å². The van der Waals surface area contributed by atoms with E-state index in [-0.39, 0.29) is 35.6 Å². The standard InChI is InChI=1S/C20H28N2O5S/c1-2-14-21-28(25,26)18-12-10-16(11-13-18)20(24)27-15-19(23)22-17-8-6-4-3-5-7-9-17/h2,10-13,17,21H,1,3-9,14-15H2,(H,22,23). The van der Waals surface area contributed by atoms with Gasteiger partial charge in [-0.15, -0.1) is 6.58 Å². The first kappa shape index (κ1) is 22.1. The number of rotatable bonds is 8. The van der Waals surface area contributed by atoms with E-state index in [4.69, 9.17) is 4.74 Å². The molecule has 0 unspecified atom stereocenters. The second kappa shape index (κ2) is 11.0. The van der Waals surface area contributed by atoms with Crippen LogP contribution in [0.2, 0.25) is 0 Å². The first-order valence-corrected chi connectivity index (χ1v) is 11.1. The second-order valence-corrected chi connectivity index (χ2v) is 8.62. The van der Waals surface area contributed by atoms with Crippen LogP contribution in [0.15, 0.2) is 41.8 Å². The van der Waals surface area contributed by atoms with Gasteiger partial charge in [0.25, 0.3) is 5.91 Å². The zero-order valence-corrected chi connectivity index (χ0v) is 16.8. The quantitative estimate of drug-likeness (QED) is 0.508. The summed E-state index contributed by atoms with van der Waals surface area (Å²) in [5, 5.41) is 2.93. The Kier molecular flexibility index (Phi) is 8.66. The zero-order valence-electron chi connectivity index (χ0n) is 16.0. The lowest BCUT2D eigenvalue weighted by atomic mass is 9.97. The molecule has 0 aliphatic heterocycles. The van der Waals surface area contributed by atoms with Crippen molar-refractivity contribution in [3.05, 3.63) is 42.5 Å². The lowest BCUT2D eigenvalue weighted by molar-refractivity contribution is -0.125. The maximum atomic E-state index is 12.1. The number of ether oxygens (including phenoxy) is 1. The number of nitrogens with one attached hydrogen (secondary N) is 2. The van der Waals surface area contributed by atoms with Gasteiger partial charge in [-0.1, -0.05) is 38.2 Å². The third-order valence-electron chi connectivity index (χ3n) is 4.62. The number of benzene rings is 1. The second-order valence-electron chi connectivity index (χ2n) is 6.85. The monoisotopic (exact) mass is 408 g/mol. The summed E-state index contributed by atoms with van der Waals surface area (Å²) in [6, 6.07) is 5.49. The molecule has 2 rings (SSSR count). The van der Waals surface area contributed by atoms with Crippen LogP contribution >= 0.6 is 0 Å². The molecule has 1 fully saturated rings. The molecule has 0 spiro atoms. The van der Waals surface area contributed by atoms with Crippen LogP contribution in [-0.4, -0.2) is 39.5 Å². The fraction of sp³-hybridized carbons (Fsp3) is 0.500. The fourth-order valence-electron chi connectivity index (χ4n) is 3.11. The van der Waals surface area contributed by atoms with Crippen molar-refractivity contribution in [2.75, 3.05) is 13.2 Å². The van der Waals surface area contributed by atoms with E-state index in [1.165, 1.54) is 49.6 Å². The van der Waals surface area contributed by atoms with Crippen molar-refractivity contribution in [1.82, 2.24) is 10.0 Å². The van der Waals surface area contributed by atoms with E-state index in [1.54, 1.807) is 0 Å². The van der Waals surface area contributed by atoms with Gasteiger partial charge in [-0.3, -0.25) is 4.79 Å². The van der Waals surface area contributed by atoms with Crippen LogP contribution in [-0.2, 0) is 19.6 Å². The molecular weight excluding hydrogens is 380 g/mol. The van der Waals surface area contributed by atoms with Crippen LogP contribution in [0.3, 0.4) is 0 Å². The molecule has 0 atom stereocenters. The van der Waals surface area contributed by atoms with Gasteiger partial charge in [-0.05, 0) is 37.1 Å². The van der Waals surface area contributed by atoms with Gasteiger partial charge in [0.1, 0.15) is 0 Å². The smallest absolute Gasteiger partial charge is 0.338 e. The highest BCUT2D eigenvalue weighted by Gasteiger charge is 2.17. The van der Waals surface area contributed by atoms with E-state index in [9.17, 15) is 18.0 Å². The molecule has 0 saturated heterocycles. The molecule has 1 aromatic carbocycles. The maximum absolute atomic E-state index is 12.1. The van der Waals surface area contributed by atoms with Gasteiger partial charge in [-0.25, -0.2) is 17.9 Å². The summed E-state index contributed by atoms with van der Waals surface area (Å²) >= 11 is 0. The fourth-order valence-corrected chi connectivity index (χ4v) is 4.10. The molecule has 0 aromatic heterocycles. The number of esters is 1. The first-order chi connectivity index (χ1) is 13.4. The highest BCUT2D eigenvalue weighted by molar-refractivity contribution is 7.89. The van der Waals surface area contributed by atoms with E-state index in [1.807, 2.05) is 0 Å². The first-order valence-electron chi connectivity index (χ1n) is 9.59. The van der Waals surface area contributed by atoms with Crippen molar-refractivity contribution >= 4 is 21.9 Å². The molecule has 1 aromatic rings. The molecule has 1 aliphatic carbocycles. The molecule has 7 nitrogen and oxygen atoms in total. The van der Waals surface area contributed by atoms with E-state index in [0.717, 1.165) is 25.7 Å². The zero-order chi connectivity index (χ0) is 20.4. The SMILES string of the molecule is C=CCNS(=O)(=O)c1ccc(C(=O)OCC(=O)NC2CCCCCCC2)cc1. The summed E-state index contributed by atoms with van der Waals surface area (Å²) in [6.07, 6.45) is 9.17. The molecule has 1 saturated carbocycles. The molecular formula is C20H28N2O5S. The van der Waals surface area contributed by atoms with Crippen molar-refractivity contribution in [3.63, 3.8) is 0 Å². The third kappa shape index (κ3) is 7.09. The van der Waals surface area contributed by atoms with E-state index >= 15 is 0 Å². The van der Waals surface area contributed by atoms with Crippen molar-refractivity contribution in [2.45, 2.75) is 55.9 Å². The predicted octanol–water partition coefficient (Wildman–Crippen LogP) is 2.54. The van der Waals surface area contributed by atoms with Gasteiger partial charge in [0.15, 0.2) is 6.61 Å². The van der Waals surface area contributed by atoms with Crippen molar-refractivity contribution in [1.29, 1.82) is 0 Å². The summed E-state index contributed by atoms with van der Waals surface area (Å²) in [4.78, 5) is 24.2. The Labute approximate surface area is 166 Å². The minimum Gasteiger partial charge on any atom is -0.452 e. The minimum atomic E-state index is -3.65.